The SMILES string of the molecule is CNC(c1ccc(C)cc1)c1ccc2c(c1)OCCO2. The zero-order valence-corrected chi connectivity index (χ0v) is 11.8. The molecule has 1 N–H and O–H groups in total. The zero-order chi connectivity index (χ0) is 13.9. The molecule has 1 unspecified atom stereocenters. The van der Waals surface area contributed by atoms with Crippen LogP contribution in [0.4, 0.5) is 0 Å². The lowest BCUT2D eigenvalue weighted by atomic mass is 9.97. The van der Waals surface area contributed by atoms with E-state index in [4.69, 9.17) is 9.47 Å². The van der Waals surface area contributed by atoms with Crippen molar-refractivity contribution in [1.29, 1.82) is 0 Å². The number of benzene rings is 2. The topological polar surface area (TPSA) is 30.5 Å². The summed E-state index contributed by atoms with van der Waals surface area (Å²) in [6.45, 7) is 3.34. The summed E-state index contributed by atoms with van der Waals surface area (Å²) in [6, 6.07) is 14.9. The van der Waals surface area contributed by atoms with Crippen molar-refractivity contribution in [1.82, 2.24) is 5.32 Å². The summed E-state index contributed by atoms with van der Waals surface area (Å²) in [7, 11) is 1.97. The van der Waals surface area contributed by atoms with Crippen molar-refractivity contribution >= 4 is 0 Å². The second kappa shape index (κ2) is 5.55. The molecule has 0 aromatic heterocycles. The molecule has 0 fully saturated rings. The second-order valence-corrected chi connectivity index (χ2v) is 5.04. The summed E-state index contributed by atoms with van der Waals surface area (Å²) in [6.07, 6.45) is 0. The number of fused-ring (bicyclic) bond motifs is 1. The van der Waals surface area contributed by atoms with Gasteiger partial charge in [0.15, 0.2) is 11.5 Å². The maximum Gasteiger partial charge on any atom is 0.161 e. The third-order valence-corrected chi connectivity index (χ3v) is 3.60. The van der Waals surface area contributed by atoms with Gasteiger partial charge in [-0.05, 0) is 37.2 Å². The Morgan fingerprint density at radius 3 is 2.25 bits per heavy atom. The molecule has 20 heavy (non-hydrogen) atoms. The maximum atomic E-state index is 5.66. The molecule has 0 amide bonds. The van der Waals surface area contributed by atoms with Gasteiger partial charge in [0, 0.05) is 0 Å². The van der Waals surface area contributed by atoms with E-state index in [0.717, 1.165) is 11.5 Å². The monoisotopic (exact) mass is 269 g/mol. The van der Waals surface area contributed by atoms with E-state index in [2.05, 4.69) is 48.6 Å². The van der Waals surface area contributed by atoms with Crippen LogP contribution in [0, 0.1) is 6.92 Å². The molecule has 0 radical (unpaired) electrons. The predicted molar refractivity (Wildman–Crippen MR) is 79.5 cm³/mol. The lowest BCUT2D eigenvalue weighted by molar-refractivity contribution is 0.171. The molecule has 3 rings (SSSR count). The Kier molecular flexibility index (Phi) is 3.61. The van der Waals surface area contributed by atoms with Crippen LogP contribution in [0.2, 0.25) is 0 Å². The molecule has 104 valence electrons. The highest BCUT2D eigenvalue weighted by molar-refractivity contribution is 5.46. The molecular weight excluding hydrogens is 250 g/mol. The largest absolute Gasteiger partial charge is 0.486 e. The van der Waals surface area contributed by atoms with Gasteiger partial charge in [-0.1, -0.05) is 35.9 Å². The first-order valence-electron chi connectivity index (χ1n) is 6.91. The van der Waals surface area contributed by atoms with Crippen molar-refractivity contribution in [3.8, 4) is 11.5 Å². The van der Waals surface area contributed by atoms with Crippen LogP contribution >= 0.6 is 0 Å². The van der Waals surface area contributed by atoms with Crippen molar-refractivity contribution in [2.45, 2.75) is 13.0 Å². The first-order valence-corrected chi connectivity index (χ1v) is 6.91. The number of aryl methyl sites for hydroxylation is 1. The Morgan fingerprint density at radius 1 is 0.900 bits per heavy atom. The summed E-state index contributed by atoms with van der Waals surface area (Å²) in [4.78, 5) is 0. The molecule has 2 aromatic carbocycles. The van der Waals surface area contributed by atoms with Crippen LogP contribution < -0.4 is 14.8 Å². The Labute approximate surface area is 119 Å². The first-order chi connectivity index (χ1) is 9.78. The molecule has 3 heteroatoms. The quantitative estimate of drug-likeness (QED) is 0.929. The van der Waals surface area contributed by atoms with E-state index in [0.29, 0.717) is 13.2 Å². The summed E-state index contributed by atoms with van der Waals surface area (Å²) in [5, 5.41) is 3.36. The highest BCUT2D eigenvalue weighted by Gasteiger charge is 2.17. The average molecular weight is 269 g/mol. The number of rotatable bonds is 3. The molecule has 0 saturated heterocycles. The highest BCUT2D eigenvalue weighted by atomic mass is 16.6. The number of ether oxygens (including phenoxy) is 2. The fourth-order valence-corrected chi connectivity index (χ4v) is 2.52. The summed E-state index contributed by atoms with van der Waals surface area (Å²) in [5.74, 6) is 1.67. The van der Waals surface area contributed by atoms with Crippen LogP contribution in [0.1, 0.15) is 22.7 Å². The molecule has 0 spiro atoms. The number of hydrogen-bond acceptors (Lipinski definition) is 3. The Bertz CT molecular complexity index is 592. The zero-order valence-electron chi connectivity index (χ0n) is 11.8. The van der Waals surface area contributed by atoms with E-state index in [-0.39, 0.29) is 6.04 Å². The van der Waals surface area contributed by atoms with Gasteiger partial charge in [0.1, 0.15) is 13.2 Å². The smallest absolute Gasteiger partial charge is 0.161 e. The van der Waals surface area contributed by atoms with Crippen LogP contribution in [0.3, 0.4) is 0 Å². The van der Waals surface area contributed by atoms with Crippen molar-refractivity contribution in [2.75, 3.05) is 20.3 Å². The van der Waals surface area contributed by atoms with Crippen LogP contribution in [-0.4, -0.2) is 20.3 Å². The standard InChI is InChI=1S/C17H19NO2/c1-12-3-5-13(6-4-12)17(18-2)14-7-8-15-16(11-14)20-10-9-19-15/h3-8,11,17-18H,9-10H2,1-2H3. The van der Waals surface area contributed by atoms with Gasteiger partial charge in [-0.15, -0.1) is 0 Å². The fraction of sp³-hybridized carbons (Fsp3) is 0.294. The minimum Gasteiger partial charge on any atom is -0.486 e. The Morgan fingerprint density at radius 2 is 1.55 bits per heavy atom. The number of hydrogen-bond donors (Lipinski definition) is 1. The molecule has 1 heterocycles. The van der Waals surface area contributed by atoms with Crippen molar-refractivity contribution in [3.05, 3.63) is 59.2 Å². The molecule has 0 bridgehead atoms. The molecule has 3 nitrogen and oxygen atoms in total. The van der Waals surface area contributed by atoms with Gasteiger partial charge < -0.3 is 14.8 Å². The Hall–Kier alpha value is -2.00. The van der Waals surface area contributed by atoms with Crippen molar-refractivity contribution in [3.63, 3.8) is 0 Å². The summed E-state index contributed by atoms with van der Waals surface area (Å²) < 4.78 is 11.2. The molecular formula is C17H19NO2. The van der Waals surface area contributed by atoms with Gasteiger partial charge >= 0.3 is 0 Å². The van der Waals surface area contributed by atoms with Crippen LogP contribution in [0.15, 0.2) is 42.5 Å². The van der Waals surface area contributed by atoms with Crippen LogP contribution in [0.25, 0.3) is 0 Å². The number of nitrogens with one attached hydrogen (secondary N) is 1. The summed E-state index contributed by atoms with van der Waals surface area (Å²) >= 11 is 0. The summed E-state index contributed by atoms with van der Waals surface area (Å²) in [5.41, 5.74) is 3.70. The van der Waals surface area contributed by atoms with E-state index in [1.807, 2.05) is 13.1 Å². The van der Waals surface area contributed by atoms with Crippen LogP contribution in [0.5, 0.6) is 11.5 Å². The molecule has 0 saturated carbocycles. The fourth-order valence-electron chi connectivity index (χ4n) is 2.52. The van der Waals surface area contributed by atoms with Gasteiger partial charge in [-0.25, -0.2) is 0 Å². The lowest BCUT2D eigenvalue weighted by Gasteiger charge is -2.22. The molecule has 0 aliphatic carbocycles. The first kappa shape index (κ1) is 13.0. The normalized spacial score (nSPS) is 14.9. The van der Waals surface area contributed by atoms with E-state index >= 15 is 0 Å². The van der Waals surface area contributed by atoms with Gasteiger partial charge in [0.25, 0.3) is 0 Å². The third kappa shape index (κ3) is 2.49. The molecule has 2 aromatic rings. The lowest BCUT2D eigenvalue weighted by Crippen LogP contribution is -2.19. The van der Waals surface area contributed by atoms with Crippen molar-refractivity contribution < 1.29 is 9.47 Å². The van der Waals surface area contributed by atoms with Gasteiger partial charge in [0.2, 0.25) is 0 Å². The van der Waals surface area contributed by atoms with E-state index in [9.17, 15) is 0 Å². The van der Waals surface area contributed by atoms with E-state index in [1.54, 1.807) is 0 Å². The maximum absolute atomic E-state index is 5.66. The Balaban J connectivity index is 1.94. The predicted octanol–water partition coefficient (Wildman–Crippen LogP) is 3.08. The molecule has 1 aliphatic rings. The minimum absolute atomic E-state index is 0.159. The minimum atomic E-state index is 0.159. The van der Waals surface area contributed by atoms with Gasteiger partial charge in [0.05, 0.1) is 6.04 Å². The van der Waals surface area contributed by atoms with Gasteiger partial charge in [-0.3, -0.25) is 0 Å². The molecule has 1 aliphatic heterocycles. The second-order valence-electron chi connectivity index (χ2n) is 5.04. The van der Waals surface area contributed by atoms with E-state index in [1.165, 1.54) is 16.7 Å². The average Bonchev–Trinajstić information content (AvgIpc) is 2.50. The van der Waals surface area contributed by atoms with E-state index < -0.39 is 0 Å². The third-order valence-electron chi connectivity index (χ3n) is 3.60. The van der Waals surface area contributed by atoms with Gasteiger partial charge in [-0.2, -0.15) is 0 Å². The highest BCUT2D eigenvalue weighted by Crippen LogP contribution is 2.34. The van der Waals surface area contributed by atoms with Crippen LogP contribution in [-0.2, 0) is 0 Å². The van der Waals surface area contributed by atoms with Crippen molar-refractivity contribution in [2.24, 2.45) is 0 Å². The molecule has 1 atom stereocenters.